The molecule has 0 spiro atoms. The van der Waals surface area contributed by atoms with Crippen LogP contribution < -0.4 is 5.32 Å². The number of carboxylic acids is 1. The molecular weight excluding hydrogens is 184 g/mol. The van der Waals surface area contributed by atoms with Crippen molar-refractivity contribution in [2.24, 2.45) is 0 Å². The zero-order valence-corrected chi connectivity index (χ0v) is 7.69. The fourth-order valence-electron chi connectivity index (χ4n) is 0.913. The van der Waals surface area contributed by atoms with E-state index < -0.39 is 5.97 Å². The van der Waals surface area contributed by atoms with E-state index in [1.54, 1.807) is 6.08 Å². The second kappa shape index (κ2) is 5.18. The molecule has 0 saturated carbocycles. The van der Waals surface area contributed by atoms with Crippen molar-refractivity contribution >= 4 is 5.97 Å². The number of carboxylic acid groups (broad SMARTS) is 1. The van der Waals surface area contributed by atoms with Crippen molar-refractivity contribution in [1.29, 1.82) is 0 Å². The van der Waals surface area contributed by atoms with Crippen molar-refractivity contribution in [2.45, 2.75) is 13.0 Å². The van der Waals surface area contributed by atoms with Crippen LogP contribution in [0.2, 0.25) is 0 Å². The molecule has 5 heteroatoms. The number of hydrogen-bond donors (Lipinski definition) is 2. The fourth-order valence-corrected chi connectivity index (χ4v) is 0.913. The van der Waals surface area contributed by atoms with Crippen molar-refractivity contribution in [3.8, 4) is 0 Å². The van der Waals surface area contributed by atoms with Crippen LogP contribution >= 0.6 is 0 Å². The quantitative estimate of drug-likeness (QED) is 0.525. The zero-order valence-electron chi connectivity index (χ0n) is 7.69. The minimum absolute atomic E-state index is 0.0643. The Hall–Kier alpha value is -1.62. The third-order valence-corrected chi connectivity index (χ3v) is 1.60. The number of hydrogen-bond acceptors (Lipinski definition) is 4. The largest absolute Gasteiger partial charge is 0.476 e. The van der Waals surface area contributed by atoms with E-state index in [1.165, 1.54) is 6.07 Å². The minimum atomic E-state index is -1.08. The van der Waals surface area contributed by atoms with Crippen LogP contribution in [-0.2, 0) is 6.54 Å². The highest BCUT2D eigenvalue weighted by molar-refractivity contribution is 5.85. The lowest BCUT2D eigenvalue weighted by Gasteiger charge is -1.96. The first-order valence-electron chi connectivity index (χ1n) is 4.24. The summed E-state index contributed by atoms with van der Waals surface area (Å²) in [5.74, 6) is -0.558. The van der Waals surface area contributed by atoms with Gasteiger partial charge in [0.1, 0.15) is 0 Å². The van der Waals surface area contributed by atoms with Gasteiger partial charge in [-0.05, 0) is 13.0 Å². The molecule has 0 fully saturated rings. The Labute approximate surface area is 81.4 Å². The van der Waals surface area contributed by atoms with Crippen molar-refractivity contribution in [3.63, 3.8) is 0 Å². The molecule has 1 heterocycles. The van der Waals surface area contributed by atoms with Gasteiger partial charge in [-0.1, -0.05) is 11.2 Å². The first kappa shape index (κ1) is 10.5. The lowest BCUT2D eigenvalue weighted by atomic mass is 10.3. The third-order valence-electron chi connectivity index (χ3n) is 1.60. The van der Waals surface area contributed by atoms with Crippen LogP contribution in [0, 0.1) is 0 Å². The van der Waals surface area contributed by atoms with E-state index in [0.29, 0.717) is 12.3 Å². The second-order valence-electron chi connectivity index (χ2n) is 2.74. The maximum absolute atomic E-state index is 10.4. The van der Waals surface area contributed by atoms with Gasteiger partial charge in [0.05, 0.1) is 6.54 Å². The Morgan fingerprint density at radius 1 is 1.79 bits per heavy atom. The molecule has 14 heavy (non-hydrogen) atoms. The highest BCUT2D eigenvalue weighted by Crippen LogP contribution is 2.02. The van der Waals surface area contributed by atoms with Gasteiger partial charge in [-0.3, -0.25) is 0 Å². The Morgan fingerprint density at radius 3 is 3.14 bits per heavy atom. The summed E-state index contributed by atoms with van der Waals surface area (Å²) in [6.07, 6.45) is 2.66. The SMILES string of the molecule is C=CCCNCc1cc(C(=O)O)no1. The third kappa shape index (κ3) is 3.02. The zero-order chi connectivity index (χ0) is 10.4. The number of aromatic carboxylic acids is 1. The molecule has 0 atom stereocenters. The predicted octanol–water partition coefficient (Wildman–Crippen LogP) is 1.04. The van der Waals surface area contributed by atoms with Gasteiger partial charge < -0.3 is 14.9 Å². The number of nitrogens with zero attached hydrogens (tertiary/aromatic N) is 1. The number of carbonyl (C=O) groups is 1. The summed E-state index contributed by atoms with van der Waals surface area (Å²) in [5.41, 5.74) is -0.0643. The molecule has 0 aliphatic rings. The number of aromatic nitrogens is 1. The summed E-state index contributed by atoms with van der Waals surface area (Å²) in [4.78, 5) is 10.4. The Bertz CT molecular complexity index is 320. The summed E-state index contributed by atoms with van der Waals surface area (Å²) in [7, 11) is 0. The van der Waals surface area contributed by atoms with Gasteiger partial charge in [-0.25, -0.2) is 4.79 Å². The van der Waals surface area contributed by atoms with Gasteiger partial charge >= 0.3 is 5.97 Å². The molecule has 0 unspecified atom stereocenters. The highest BCUT2D eigenvalue weighted by atomic mass is 16.5. The molecule has 5 nitrogen and oxygen atoms in total. The predicted molar refractivity (Wildman–Crippen MR) is 50.0 cm³/mol. The van der Waals surface area contributed by atoms with Crippen LogP contribution in [0.1, 0.15) is 22.7 Å². The van der Waals surface area contributed by atoms with Gasteiger partial charge in [-0.15, -0.1) is 6.58 Å². The molecule has 0 bridgehead atoms. The van der Waals surface area contributed by atoms with E-state index in [1.807, 2.05) is 0 Å². The van der Waals surface area contributed by atoms with E-state index >= 15 is 0 Å². The van der Waals surface area contributed by atoms with Crippen LogP contribution in [0.25, 0.3) is 0 Å². The first-order chi connectivity index (χ1) is 6.74. The van der Waals surface area contributed by atoms with Crippen LogP contribution in [-0.4, -0.2) is 22.8 Å². The Morgan fingerprint density at radius 2 is 2.57 bits per heavy atom. The fraction of sp³-hybridized carbons (Fsp3) is 0.333. The summed E-state index contributed by atoms with van der Waals surface area (Å²) < 4.78 is 4.79. The Kier molecular flexibility index (Phi) is 3.87. The minimum Gasteiger partial charge on any atom is -0.476 e. The summed E-state index contributed by atoms with van der Waals surface area (Å²) in [6, 6.07) is 1.41. The van der Waals surface area contributed by atoms with Crippen molar-refractivity contribution in [2.75, 3.05) is 6.54 Å². The van der Waals surface area contributed by atoms with E-state index in [0.717, 1.165) is 13.0 Å². The topological polar surface area (TPSA) is 75.4 Å². The average molecular weight is 196 g/mol. The van der Waals surface area contributed by atoms with Gasteiger partial charge in [0.25, 0.3) is 0 Å². The van der Waals surface area contributed by atoms with Gasteiger partial charge in [0.15, 0.2) is 11.5 Å². The van der Waals surface area contributed by atoms with Crippen molar-refractivity contribution in [3.05, 3.63) is 30.2 Å². The molecular formula is C9H12N2O3. The number of rotatable bonds is 6. The molecule has 1 aromatic rings. The molecule has 0 aliphatic carbocycles. The molecule has 76 valence electrons. The van der Waals surface area contributed by atoms with Crippen LogP contribution in [0.3, 0.4) is 0 Å². The molecule has 0 aromatic carbocycles. The molecule has 1 aromatic heterocycles. The summed E-state index contributed by atoms with van der Waals surface area (Å²) in [6.45, 7) is 4.84. The monoisotopic (exact) mass is 196 g/mol. The van der Waals surface area contributed by atoms with E-state index in [9.17, 15) is 4.79 Å². The van der Waals surface area contributed by atoms with Gasteiger partial charge in [0, 0.05) is 6.07 Å². The smallest absolute Gasteiger partial charge is 0.358 e. The lowest BCUT2D eigenvalue weighted by molar-refractivity contribution is 0.0685. The maximum atomic E-state index is 10.4. The van der Waals surface area contributed by atoms with Gasteiger partial charge in [-0.2, -0.15) is 0 Å². The molecule has 0 saturated heterocycles. The summed E-state index contributed by atoms with van der Waals surface area (Å²) >= 11 is 0. The standard InChI is InChI=1S/C9H12N2O3/c1-2-3-4-10-6-7-5-8(9(12)13)11-14-7/h2,5,10H,1,3-4,6H2,(H,12,13). The second-order valence-corrected chi connectivity index (χ2v) is 2.74. The van der Waals surface area contributed by atoms with Crippen LogP contribution in [0.5, 0.6) is 0 Å². The average Bonchev–Trinajstić information content (AvgIpc) is 2.61. The molecule has 0 aliphatic heterocycles. The van der Waals surface area contributed by atoms with E-state index in [-0.39, 0.29) is 5.69 Å². The van der Waals surface area contributed by atoms with Gasteiger partial charge in [0.2, 0.25) is 0 Å². The Balaban J connectivity index is 2.36. The van der Waals surface area contributed by atoms with Crippen molar-refractivity contribution < 1.29 is 14.4 Å². The highest BCUT2D eigenvalue weighted by Gasteiger charge is 2.09. The molecule has 2 N–H and O–H groups in total. The first-order valence-corrected chi connectivity index (χ1v) is 4.24. The van der Waals surface area contributed by atoms with Crippen LogP contribution in [0.4, 0.5) is 0 Å². The molecule has 1 rings (SSSR count). The normalized spacial score (nSPS) is 10.0. The molecule has 0 radical (unpaired) electrons. The number of nitrogens with one attached hydrogen (secondary N) is 1. The lowest BCUT2D eigenvalue weighted by Crippen LogP contribution is -2.13. The van der Waals surface area contributed by atoms with Crippen molar-refractivity contribution in [1.82, 2.24) is 10.5 Å². The van der Waals surface area contributed by atoms with Crippen LogP contribution in [0.15, 0.2) is 23.2 Å². The van der Waals surface area contributed by atoms with E-state index in [4.69, 9.17) is 9.63 Å². The summed E-state index contributed by atoms with van der Waals surface area (Å²) in [5, 5.41) is 15.0. The maximum Gasteiger partial charge on any atom is 0.358 e. The van der Waals surface area contributed by atoms with E-state index in [2.05, 4.69) is 17.1 Å². The molecule has 0 amide bonds.